The molecule has 1 saturated heterocycles. The minimum atomic E-state index is 0.0800. The van der Waals surface area contributed by atoms with E-state index in [2.05, 4.69) is 22.4 Å². The van der Waals surface area contributed by atoms with Crippen LogP contribution in [0, 0.1) is 13.8 Å². The summed E-state index contributed by atoms with van der Waals surface area (Å²) in [5.41, 5.74) is 3.14. The van der Waals surface area contributed by atoms with Gasteiger partial charge in [-0.2, -0.15) is 0 Å². The van der Waals surface area contributed by atoms with Crippen molar-refractivity contribution in [2.24, 2.45) is 0 Å². The van der Waals surface area contributed by atoms with E-state index in [1.54, 1.807) is 11.3 Å². The highest BCUT2D eigenvalue weighted by Gasteiger charge is 2.32. The number of rotatable bonds is 6. The largest absolute Gasteiger partial charge is 0.414 e. The Hall–Kier alpha value is -2.55. The van der Waals surface area contributed by atoms with E-state index in [0.29, 0.717) is 18.3 Å². The Labute approximate surface area is 180 Å². The zero-order valence-electron chi connectivity index (χ0n) is 17.7. The summed E-state index contributed by atoms with van der Waals surface area (Å²) in [4.78, 5) is 16.3. The van der Waals surface area contributed by atoms with Crippen molar-refractivity contribution in [3.63, 3.8) is 0 Å². The zero-order chi connectivity index (χ0) is 21.1. The molecule has 1 fully saturated rings. The van der Waals surface area contributed by atoms with Crippen LogP contribution in [0.1, 0.15) is 30.0 Å². The SMILES string of the molecule is Cc1cccc(C)c1NC(=O)C[NH+]1CC[NH+]([C@@H](C)c2nnc(-c3cccs3)o2)CC1. The molecule has 8 heteroatoms. The minimum Gasteiger partial charge on any atom is -0.414 e. The summed E-state index contributed by atoms with van der Waals surface area (Å²) in [7, 11) is 0. The molecule has 0 spiro atoms. The maximum absolute atomic E-state index is 12.6. The van der Waals surface area contributed by atoms with E-state index in [4.69, 9.17) is 4.42 Å². The van der Waals surface area contributed by atoms with Crippen LogP contribution in [0.5, 0.6) is 0 Å². The number of nitrogens with zero attached hydrogens (tertiary/aromatic N) is 2. The summed E-state index contributed by atoms with van der Waals surface area (Å²) in [6.45, 7) is 10.5. The second kappa shape index (κ2) is 9.07. The van der Waals surface area contributed by atoms with Gasteiger partial charge < -0.3 is 19.5 Å². The normalized spacial score (nSPS) is 20.1. The predicted octanol–water partition coefficient (Wildman–Crippen LogP) is 0.898. The lowest BCUT2D eigenvalue weighted by Crippen LogP contribution is -3.28. The van der Waals surface area contributed by atoms with Gasteiger partial charge >= 0.3 is 0 Å². The number of hydrogen-bond donors (Lipinski definition) is 3. The molecule has 0 bridgehead atoms. The molecule has 0 radical (unpaired) electrons. The van der Waals surface area contributed by atoms with Gasteiger partial charge in [0.25, 0.3) is 17.7 Å². The number of aromatic nitrogens is 2. The van der Waals surface area contributed by atoms with Gasteiger partial charge in [0, 0.05) is 5.69 Å². The average molecular weight is 428 g/mol. The molecular weight excluding hydrogens is 398 g/mol. The molecule has 0 aliphatic carbocycles. The van der Waals surface area contributed by atoms with Gasteiger partial charge in [0.15, 0.2) is 12.6 Å². The highest BCUT2D eigenvalue weighted by Crippen LogP contribution is 2.24. The van der Waals surface area contributed by atoms with Gasteiger partial charge in [0.1, 0.15) is 26.2 Å². The highest BCUT2D eigenvalue weighted by atomic mass is 32.1. The van der Waals surface area contributed by atoms with E-state index in [9.17, 15) is 4.79 Å². The molecule has 7 nitrogen and oxygen atoms in total. The molecule has 1 aromatic carbocycles. The standard InChI is InChI=1S/C22H27N5O2S/c1-15-6-4-7-16(2)20(15)23-19(28)14-26-9-11-27(12-10-26)17(3)21-24-25-22(29-21)18-8-5-13-30-18/h4-8,13,17H,9-12,14H2,1-3H3,(H,23,28)/p+2/t17-/m0/s1. The third-order valence-electron chi connectivity index (χ3n) is 5.91. The van der Waals surface area contributed by atoms with Crippen LogP contribution < -0.4 is 15.1 Å². The zero-order valence-corrected chi connectivity index (χ0v) is 18.5. The van der Waals surface area contributed by atoms with Crippen LogP contribution in [-0.2, 0) is 4.79 Å². The van der Waals surface area contributed by atoms with Crippen molar-refractivity contribution in [2.45, 2.75) is 26.8 Å². The van der Waals surface area contributed by atoms with Crippen molar-refractivity contribution in [1.82, 2.24) is 10.2 Å². The van der Waals surface area contributed by atoms with E-state index >= 15 is 0 Å². The Kier molecular flexibility index (Phi) is 6.26. The van der Waals surface area contributed by atoms with Crippen LogP contribution >= 0.6 is 11.3 Å². The number of benzene rings is 1. The van der Waals surface area contributed by atoms with Crippen molar-refractivity contribution >= 4 is 22.9 Å². The molecule has 30 heavy (non-hydrogen) atoms. The monoisotopic (exact) mass is 427 g/mol. The first-order valence-corrected chi connectivity index (χ1v) is 11.3. The summed E-state index contributed by atoms with van der Waals surface area (Å²) >= 11 is 1.60. The average Bonchev–Trinajstić information content (AvgIpc) is 3.42. The fraction of sp³-hybridized carbons (Fsp3) is 0.409. The smallest absolute Gasteiger partial charge is 0.279 e. The number of quaternary nitrogens is 2. The van der Waals surface area contributed by atoms with Crippen LogP contribution in [0.2, 0.25) is 0 Å². The van der Waals surface area contributed by atoms with Gasteiger partial charge in [-0.15, -0.1) is 21.5 Å². The Balaban J connectivity index is 1.29. The molecule has 1 atom stereocenters. The quantitative estimate of drug-likeness (QED) is 0.546. The number of carbonyl (C=O) groups excluding carboxylic acids is 1. The van der Waals surface area contributed by atoms with Gasteiger partial charge in [-0.05, 0) is 43.3 Å². The molecule has 158 valence electrons. The van der Waals surface area contributed by atoms with Crippen LogP contribution in [-0.4, -0.2) is 48.8 Å². The molecular formula is C22H29N5O2S+2. The highest BCUT2D eigenvalue weighted by molar-refractivity contribution is 7.13. The van der Waals surface area contributed by atoms with Crippen molar-refractivity contribution in [3.05, 3.63) is 52.7 Å². The fourth-order valence-corrected chi connectivity index (χ4v) is 4.68. The van der Waals surface area contributed by atoms with Crippen molar-refractivity contribution in [2.75, 3.05) is 38.0 Å². The number of anilines is 1. The summed E-state index contributed by atoms with van der Waals surface area (Å²) in [6.07, 6.45) is 0. The summed E-state index contributed by atoms with van der Waals surface area (Å²) < 4.78 is 5.92. The summed E-state index contributed by atoms with van der Waals surface area (Å²) in [5.74, 6) is 1.36. The Bertz CT molecular complexity index is 973. The third kappa shape index (κ3) is 4.61. The summed E-state index contributed by atoms with van der Waals surface area (Å²) in [6, 6.07) is 10.2. The molecule has 0 unspecified atom stereocenters. The molecule has 3 N–H and O–H groups in total. The van der Waals surface area contributed by atoms with E-state index < -0.39 is 0 Å². The van der Waals surface area contributed by atoms with Crippen molar-refractivity contribution < 1.29 is 19.0 Å². The second-order valence-corrected chi connectivity index (χ2v) is 8.99. The number of thiophene rings is 1. The van der Waals surface area contributed by atoms with Gasteiger partial charge in [-0.1, -0.05) is 24.3 Å². The lowest BCUT2D eigenvalue weighted by Gasteiger charge is -2.31. The number of piperazine rings is 1. The number of carbonyl (C=O) groups is 1. The first-order valence-electron chi connectivity index (χ1n) is 10.4. The van der Waals surface area contributed by atoms with Crippen LogP contribution in [0.15, 0.2) is 40.1 Å². The number of aryl methyl sites for hydroxylation is 2. The Morgan fingerprint density at radius 2 is 1.87 bits per heavy atom. The number of hydrogen-bond acceptors (Lipinski definition) is 5. The van der Waals surface area contributed by atoms with E-state index in [1.807, 2.05) is 49.6 Å². The van der Waals surface area contributed by atoms with Gasteiger partial charge in [0.05, 0.1) is 4.88 Å². The first kappa shape index (κ1) is 20.7. The molecule has 1 aliphatic heterocycles. The Morgan fingerprint density at radius 1 is 1.13 bits per heavy atom. The molecule has 1 aliphatic rings. The second-order valence-electron chi connectivity index (χ2n) is 8.04. The Morgan fingerprint density at radius 3 is 2.53 bits per heavy atom. The fourth-order valence-electron chi connectivity index (χ4n) is 4.04. The topological polar surface area (TPSA) is 76.9 Å². The van der Waals surface area contributed by atoms with Crippen molar-refractivity contribution in [3.8, 4) is 10.8 Å². The van der Waals surface area contributed by atoms with Crippen LogP contribution in [0.3, 0.4) is 0 Å². The maximum atomic E-state index is 12.6. The van der Waals surface area contributed by atoms with Gasteiger partial charge in [-0.25, -0.2) is 0 Å². The van der Waals surface area contributed by atoms with E-state index in [-0.39, 0.29) is 11.9 Å². The maximum Gasteiger partial charge on any atom is 0.279 e. The minimum absolute atomic E-state index is 0.0800. The van der Waals surface area contributed by atoms with Crippen LogP contribution in [0.25, 0.3) is 10.8 Å². The lowest BCUT2D eigenvalue weighted by molar-refractivity contribution is -1.02. The molecule has 0 saturated carbocycles. The molecule has 4 rings (SSSR count). The summed E-state index contributed by atoms with van der Waals surface area (Å²) in [5, 5.41) is 13.6. The van der Waals surface area contributed by atoms with E-state index in [0.717, 1.165) is 47.9 Å². The molecule has 1 amide bonds. The first-order chi connectivity index (χ1) is 14.5. The number of nitrogens with one attached hydrogen (secondary N) is 3. The van der Waals surface area contributed by atoms with Crippen LogP contribution in [0.4, 0.5) is 5.69 Å². The molecule has 3 heterocycles. The predicted molar refractivity (Wildman–Crippen MR) is 117 cm³/mol. The van der Waals surface area contributed by atoms with Crippen molar-refractivity contribution in [1.29, 1.82) is 0 Å². The van der Waals surface area contributed by atoms with Gasteiger partial charge in [-0.3, -0.25) is 4.79 Å². The molecule has 2 aromatic heterocycles. The van der Waals surface area contributed by atoms with E-state index in [1.165, 1.54) is 9.80 Å². The number of para-hydroxylation sites is 1. The number of amides is 1. The van der Waals surface area contributed by atoms with Gasteiger partial charge in [0.2, 0.25) is 0 Å². The molecule has 3 aromatic rings. The third-order valence-corrected chi connectivity index (χ3v) is 6.77. The lowest BCUT2D eigenvalue weighted by atomic mass is 10.1.